The number of aliphatic carboxylic acids is 1. The van der Waals surface area contributed by atoms with Crippen LogP contribution < -0.4 is 10.8 Å². The number of allylic oxidation sites excluding steroid dienone is 1. The molecule has 8 N–H and O–H groups in total. The van der Waals surface area contributed by atoms with E-state index in [1.807, 2.05) is 24.3 Å². The summed E-state index contributed by atoms with van der Waals surface area (Å²) >= 11 is 0. The summed E-state index contributed by atoms with van der Waals surface area (Å²) in [6.45, 7) is 2.20. The van der Waals surface area contributed by atoms with E-state index in [0.29, 0.717) is 61.5 Å². The summed E-state index contributed by atoms with van der Waals surface area (Å²) < 4.78 is 0. The number of H-pyrrole nitrogens is 1. The Hall–Kier alpha value is -3.86. The second-order valence-corrected chi connectivity index (χ2v) is 17.1. The smallest absolute Gasteiger partial charge is 0.309 e. The van der Waals surface area contributed by atoms with Crippen molar-refractivity contribution < 1.29 is 35.4 Å². The van der Waals surface area contributed by atoms with Crippen LogP contribution >= 0.6 is 0 Å². The van der Waals surface area contributed by atoms with Crippen LogP contribution in [-0.4, -0.2) is 59.3 Å². The van der Waals surface area contributed by atoms with Gasteiger partial charge in [-0.3, -0.25) is 4.79 Å². The molecule has 10 unspecified atom stereocenters. The minimum atomic E-state index is -1.11. The third-order valence-corrected chi connectivity index (χ3v) is 13.3. The Labute approximate surface area is 325 Å². The van der Waals surface area contributed by atoms with Crippen LogP contribution in [0.25, 0.3) is 11.3 Å². The fourth-order valence-corrected chi connectivity index (χ4v) is 10.4. The van der Waals surface area contributed by atoms with Crippen molar-refractivity contribution in [2.24, 2.45) is 41.4 Å². The van der Waals surface area contributed by atoms with Gasteiger partial charge in [-0.1, -0.05) is 63.7 Å². The Bertz CT molecular complexity index is 1720. The topological polar surface area (TPSA) is 196 Å². The summed E-state index contributed by atoms with van der Waals surface area (Å²) in [7, 11) is 0. The number of nitrogen functional groups attached to an aromatic ring is 1. The molecule has 300 valence electrons. The lowest BCUT2D eigenvalue weighted by atomic mass is 9.64. The molecule has 10 nitrogen and oxygen atoms in total. The number of phenols is 1. The lowest BCUT2D eigenvalue weighted by molar-refractivity contribution is -0.268. The number of nitrogens with zero attached hydrogens (tertiary/aromatic N) is 1. The largest absolute Gasteiger partial charge is 0.872 e. The molecule has 10 heteroatoms. The van der Waals surface area contributed by atoms with Crippen molar-refractivity contribution in [3.05, 3.63) is 72.1 Å². The molecule has 0 spiro atoms. The number of phenolic OH excluding ortho intramolecular Hbond substituents is 1. The number of carboxylic acids is 1. The van der Waals surface area contributed by atoms with Gasteiger partial charge in [-0.05, 0) is 136 Å². The van der Waals surface area contributed by atoms with Crippen LogP contribution in [0.2, 0.25) is 0 Å². The number of aliphatic hydroxyl groups is 3. The number of carboxylic acid groups (broad SMARTS) is 1. The van der Waals surface area contributed by atoms with Crippen molar-refractivity contribution >= 4 is 11.8 Å². The number of nitrogens with one attached hydrogen (secondary N) is 1. The first-order chi connectivity index (χ1) is 26.4. The molecule has 0 aliphatic heterocycles. The summed E-state index contributed by atoms with van der Waals surface area (Å²) in [5, 5.41) is 67.6. The zero-order chi connectivity index (χ0) is 39.1. The molecule has 2 fully saturated rings. The van der Waals surface area contributed by atoms with Crippen molar-refractivity contribution in [2.75, 3.05) is 5.73 Å². The maximum Gasteiger partial charge on any atom is 0.309 e. The number of aromatic amines is 1. The van der Waals surface area contributed by atoms with Gasteiger partial charge in [0.1, 0.15) is 11.6 Å². The molecule has 3 aromatic rings. The van der Waals surface area contributed by atoms with Crippen LogP contribution in [0.15, 0.2) is 60.8 Å². The fraction of sp³-hybridized carbons (Fsp3) is 0.600. The average Bonchev–Trinajstić information content (AvgIpc) is 3.71. The Kier molecular flexibility index (Phi) is 13.6. The number of anilines is 1. The van der Waals surface area contributed by atoms with E-state index in [4.69, 9.17) is 5.73 Å². The molecular weight excluding hydrogens is 695 g/mol. The van der Waals surface area contributed by atoms with Crippen LogP contribution in [0.3, 0.4) is 0 Å². The van der Waals surface area contributed by atoms with Crippen molar-refractivity contribution in [2.45, 2.75) is 127 Å². The van der Waals surface area contributed by atoms with Gasteiger partial charge in [0.25, 0.3) is 0 Å². The Morgan fingerprint density at radius 3 is 2.58 bits per heavy atom. The van der Waals surface area contributed by atoms with E-state index in [0.717, 1.165) is 56.2 Å². The van der Waals surface area contributed by atoms with Crippen molar-refractivity contribution in [3.8, 4) is 22.8 Å². The molecule has 3 aliphatic carbocycles. The number of fused-ring (bicyclic) bond motifs is 1. The predicted octanol–water partition coefficient (Wildman–Crippen LogP) is 7.15. The number of hydrogen-bond acceptors (Lipinski definition) is 8. The molecule has 0 radical (unpaired) electrons. The summed E-state index contributed by atoms with van der Waals surface area (Å²) in [6, 6.07) is 11.9. The Morgan fingerprint density at radius 1 is 1.02 bits per heavy atom. The molecule has 0 saturated heterocycles. The molecule has 6 rings (SSSR count). The number of benzene rings is 1. The first-order valence-electron chi connectivity index (χ1n) is 20.8. The maximum absolute atomic E-state index is 12.7. The first kappa shape index (κ1) is 40.8. The van der Waals surface area contributed by atoms with Gasteiger partial charge in [-0.25, -0.2) is 4.98 Å². The number of nitrogens with two attached hydrogens (primary N) is 1. The Balaban J connectivity index is 1.09. The molecule has 0 amide bonds. The highest BCUT2D eigenvalue weighted by molar-refractivity contribution is 5.70. The van der Waals surface area contributed by atoms with E-state index in [9.17, 15) is 35.4 Å². The quantitative estimate of drug-likeness (QED) is 0.0521. The number of pyridine rings is 1. The molecule has 2 saturated carbocycles. The second-order valence-electron chi connectivity index (χ2n) is 17.1. The number of aromatic nitrogens is 2. The molecule has 0 bridgehead atoms. The highest BCUT2D eigenvalue weighted by Gasteiger charge is 2.57. The average molecular weight is 757 g/mol. The van der Waals surface area contributed by atoms with Gasteiger partial charge in [-0.15, -0.1) is 5.75 Å². The fourth-order valence-electron chi connectivity index (χ4n) is 10.4. The van der Waals surface area contributed by atoms with Crippen LogP contribution in [0.1, 0.15) is 108 Å². The van der Waals surface area contributed by atoms with Crippen LogP contribution in [0.5, 0.6) is 11.5 Å². The minimum Gasteiger partial charge on any atom is -0.872 e. The van der Waals surface area contributed by atoms with E-state index < -0.39 is 23.6 Å². The van der Waals surface area contributed by atoms with Gasteiger partial charge in [0.2, 0.25) is 0 Å². The zero-order valence-electron chi connectivity index (χ0n) is 32.4. The molecule has 1 aromatic carbocycles. The van der Waals surface area contributed by atoms with Crippen molar-refractivity contribution in [1.82, 2.24) is 9.97 Å². The van der Waals surface area contributed by atoms with Crippen LogP contribution in [0.4, 0.5) is 5.82 Å². The van der Waals surface area contributed by atoms with E-state index in [2.05, 4.69) is 29.0 Å². The van der Waals surface area contributed by atoms with Gasteiger partial charge in [-0.2, -0.15) is 0 Å². The highest BCUT2D eigenvalue weighted by Crippen LogP contribution is 2.56. The van der Waals surface area contributed by atoms with Crippen molar-refractivity contribution in [3.63, 3.8) is 0 Å². The third kappa shape index (κ3) is 10.1. The molecule has 10 atom stereocenters. The number of rotatable bonds is 18. The van der Waals surface area contributed by atoms with Crippen LogP contribution in [0, 0.1) is 41.4 Å². The number of aromatic hydroxyl groups is 1. The number of carbonyl (C=O) groups is 1. The summed E-state index contributed by atoms with van der Waals surface area (Å²) in [5.74, 6) is -1.60. The molecule has 2 heterocycles. The van der Waals surface area contributed by atoms with Crippen molar-refractivity contribution in [1.29, 1.82) is 0 Å². The maximum atomic E-state index is 12.7. The highest BCUT2D eigenvalue weighted by atomic mass is 16.4. The lowest BCUT2D eigenvalue weighted by Gasteiger charge is -2.45. The van der Waals surface area contributed by atoms with E-state index in [-0.39, 0.29) is 47.2 Å². The molecule has 55 heavy (non-hydrogen) atoms. The third-order valence-electron chi connectivity index (χ3n) is 13.3. The zero-order valence-corrected chi connectivity index (χ0v) is 32.4. The van der Waals surface area contributed by atoms with E-state index in [1.54, 1.807) is 12.3 Å². The normalized spacial score (nSPS) is 28.8. The number of unbranched alkanes of at least 4 members (excludes halogenated alkanes) is 4. The monoisotopic (exact) mass is 756 g/mol. The second kappa shape index (κ2) is 18.4. The minimum absolute atomic E-state index is 0.0297. The van der Waals surface area contributed by atoms with E-state index in [1.165, 1.54) is 31.4 Å². The van der Waals surface area contributed by atoms with Gasteiger partial charge in [0.15, 0.2) is 0 Å². The lowest BCUT2D eigenvalue weighted by Crippen LogP contribution is -2.50. The SMILES string of the molecule is CCCCCC1C=CC(CCCCCC(C(=O)O)C(O)C2CCC3C(Cc4ccnc(N)c4)CC(Cc4ccc(-c5cc([O-])cc(O)c5)[nH]4)C3(O)C2)C(O)C1. The number of hydrogen-bond donors (Lipinski definition) is 7. The van der Waals surface area contributed by atoms with Gasteiger partial charge >= 0.3 is 5.97 Å². The molecule has 2 aromatic heterocycles. The first-order valence-corrected chi connectivity index (χ1v) is 20.8. The van der Waals surface area contributed by atoms with Gasteiger partial charge in [0.05, 0.1) is 23.7 Å². The predicted molar refractivity (Wildman–Crippen MR) is 212 cm³/mol. The summed E-state index contributed by atoms with van der Waals surface area (Å²) in [4.78, 5) is 20.1. The molecular formula is C45H62N3O7-. The number of aliphatic hydroxyl groups excluding tert-OH is 2. The standard InChI is InChI=1S/C45H63N3O7/c1-2-3-5-8-28-11-12-30(41(51)20-28)9-6-4-7-10-38(44(53)54)43(52)31-13-15-39-32(19-29-17-18-47-42(46)21-29)22-34(45(39,55)27-31)25-35-14-16-40(48-35)33-23-36(49)26-37(50)24-33/h11-12,14,16-18,21,23-24,26,28,30-32,34,38-39,41,43,48-52,55H,2-10,13,15,19-20,22,25,27H2,1H3,(H2,46,47)(H,53,54)/p-1. The Morgan fingerprint density at radius 2 is 1.84 bits per heavy atom. The van der Waals surface area contributed by atoms with E-state index >= 15 is 0 Å². The van der Waals surface area contributed by atoms with Crippen LogP contribution in [-0.2, 0) is 17.6 Å². The molecule has 3 aliphatic rings. The van der Waals surface area contributed by atoms with Gasteiger partial charge in [0, 0.05) is 29.1 Å². The summed E-state index contributed by atoms with van der Waals surface area (Å²) in [6.07, 6.45) is 17.7. The summed E-state index contributed by atoms with van der Waals surface area (Å²) in [5.41, 5.74) is 8.15. The van der Waals surface area contributed by atoms with Gasteiger partial charge < -0.3 is 41.4 Å².